The van der Waals surface area contributed by atoms with E-state index < -0.39 is 6.17 Å². The quantitative estimate of drug-likeness (QED) is 0.623. The van der Waals surface area contributed by atoms with Crippen molar-refractivity contribution < 1.29 is 9.13 Å². The molecular weight excluding hydrogens is 191 g/mol. The second-order valence-electron chi connectivity index (χ2n) is 3.81. The summed E-state index contributed by atoms with van der Waals surface area (Å²) in [6.45, 7) is 2.98. The Labute approximate surface area is 91.3 Å². The van der Waals surface area contributed by atoms with Gasteiger partial charge < -0.3 is 4.74 Å². The second kappa shape index (κ2) is 7.41. The fraction of sp³-hybridized carbons (Fsp3) is 0.538. The van der Waals surface area contributed by atoms with Crippen molar-refractivity contribution in [2.24, 2.45) is 0 Å². The SMILES string of the molecule is C[C@@H](F)CCCCOCc1ccccc1. The first-order valence-corrected chi connectivity index (χ1v) is 5.55. The summed E-state index contributed by atoms with van der Waals surface area (Å²) in [6.07, 6.45) is 1.82. The van der Waals surface area contributed by atoms with Crippen LogP contribution in [0, 0.1) is 0 Å². The Kier molecular flexibility index (Phi) is 6.02. The van der Waals surface area contributed by atoms with Gasteiger partial charge in [0.15, 0.2) is 0 Å². The van der Waals surface area contributed by atoms with Crippen molar-refractivity contribution in [2.45, 2.75) is 39.0 Å². The fourth-order valence-corrected chi connectivity index (χ4v) is 1.39. The lowest BCUT2D eigenvalue weighted by molar-refractivity contribution is 0.115. The van der Waals surface area contributed by atoms with E-state index in [1.807, 2.05) is 30.3 Å². The monoisotopic (exact) mass is 210 g/mol. The fourth-order valence-electron chi connectivity index (χ4n) is 1.39. The number of hydrogen-bond donors (Lipinski definition) is 0. The van der Waals surface area contributed by atoms with Gasteiger partial charge in [-0.15, -0.1) is 0 Å². The van der Waals surface area contributed by atoms with Gasteiger partial charge in [-0.2, -0.15) is 0 Å². The van der Waals surface area contributed by atoms with Crippen molar-refractivity contribution in [1.29, 1.82) is 0 Å². The molecule has 84 valence electrons. The van der Waals surface area contributed by atoms with Gasteiger partial charge in [-0.25, -0.2) is 4.39 Å². The zero-order valence-electron chi connectivity index (χ0n) is 9.29. The van der Waals surface area contributed by atoms with Crippen molar-refractivity contribution in [3.05, 3.63) is 35.9 Å². The van der Waals surface area contributed by atoms with Gasteiger partial charge in [-0.05, 0) is 31.7 Å². The molecule has 15 heavy (non-hydrogen) atoms. The number of benzene rings is 1. The highest BCUT2D eigenvalue weighted by Crippen LogP contribution is 2.05. The van der Waals surface area contributed by atoms with Gasteiger partial charge in [0.25, 0.3) is 0 Å². The summed E-state index contributed by atoms with van der Waals surface area (Å²) in [5, 5.41) is 0. The maximum atomic E-state index is 12.4. The van der Waals surface area contributed by atoms with Crippen molar-refractivity contribution >= 4 is 0 Å². The third kappa shape index (κ3) is 6.24. The first kappa shape index (κ1) is 12.2. The van der Waals surface area contributed by atoms with E-state index in [0.717, 1.165) is 19.4 Å². The molecular formula is C13H19FO. The first-order valence-electron chi connectivity index (χ1n) is 5.55. The summed E-state index contributed by atoms with van der Waals surface area (Å²) < 4.78 is 17.9. The van der Waals surface area contributed by atoms with Crippen LogP contribution in [-0.2, 0) is 11.3 Å². The molecule has 0 heterocycles. The van der Waals surface area contributed by atoms with Gasteiger partial charge >= 0.3 is 0 Å². The summed E-state index contributed by atoms with van der Waals surface area (Å²) >= 11 is 0. The molecule has 0 fully saturated rings. The van der Waals surface area contributed by atoms with E-state index in [1.165, 1.54) is 5.56 Å². The maximum absolute atomic E-state index is 12.4. The van der Waals surface area contributed by atoms with Crippen LogP contribution in [0.2, 0.25) is 0 Å². The summed E-state index contributed by atoms with van der Waals surface area (Å²) in [6, 6.07) is 10.1. The average molecular weight is 210 g/mol. The maximum Gasteiger partial charge on any atom is 0.0973 e. The molecule has 0 aliphatic rings. The molecule has 1 rings (SSSR count). The molecule has 0 spiro atoms. The molecule has 0 N–H and O–H groups in total. The van der Waals surface area contributed by atoms with Gasteiger partial charge in [0.2, 0.25) is 0 Å². The topological polar surface area (TPSA) is 9.23 Å². The van der Waals surface area contributed by atoms with Crippen molar-refractivity contribution in [1.82, 2.24) is 0 Å². The van der Waals surface area contributed by atoms with Crippen LogP contribution in [0.3, 0.4) is 0 Å². The normalized spacial score (nSPS) is 12.7. The lowest BCUT2D eigenvalue weighted by Gasteiger charge is -2.04. The predicted octanol–water partition coefficient (Wildman–Crippen LogP) is 3.73. The van der Waals surface area contributed by atoms with E-state index in [4.69, 9.17) is 4.74 Å². The number of alkyl halides is 1. The first-order chi connectivity index (χ1) is 7.29. The lowest BCUT2D eigenvalue weighted by atomic mass is 10.2. The average Bonchev–Trinajstić information content (AvgIpc) is 2.24. The molecule has 1 aromatic rings. The molecule has 0 aromatic heterocycles. The van der Waals surface area contributed by atoms with E-state index in [1.54, 1.807) is 6.92 Å². The minimum atomic E-state index is -0.681. The lowest BCUT2D eigenvalue weighted by Crippen LogP contribution is -1.98. The van der Waals surface area contributed by atoms with Crippen molar-refractivity contribution in [3.63, 3.8) is 0 Å². The summed E-state index contributed by atoms with van der Waals surface area (Å²) in [4.78, 5) is 0. The van der Waals surface area contributed by atoms with Crippen LogP contribution >= 0.6 is 0 Å². The Balaban J connectivity index is 1.98. The molecule has 1 aromatic carbocycles. The number of hydrogen-bond acceptors (Lipinski definition) is 1. The second-order valence-corrected chi connectivity index (χ2v) is 3.81. The smallest absolute Gasteiger partial charge is 0.0973 e. The number of ether oxygens (including phenoxy) is 1. The summed E-state index contributed by atoms with van der Waals surface area (Å²) in [7, 11) is 0. The van der Waals surface area contributed by atoms with Crippen LogP contribution in [0.25, 0.3) is 0 Å². The van der Waals surface area contributed by atoms with Crippen LogP contribution in [0.15, 0.2) is 30.3 Å². The Morgan fingerprint density at radius 3 is 2.60 bits per heavy atom. The molecule has 1 nitrogen and oxygen atoms in total. The molecule has 2 heteroatoms. The minimum Gasteiger partial charge on any atom is -0.377 e. The van der Waals surface area contributed by atoms with Crippen molar-refractivity contribution in [3.8, 4) is 0 Å². The molecule has 0 aliphatic heterocycles. The number of unbranched alkanes of at least 4 members (excludes halogenated alkanes) is 1. The van der Waals surface area contributed by atoms with Gasteiger partial charge in [0.1, 0.15) is 0 Å². The Morgan fingerprint density at radius 1 is 1.20 bits per heavy atom. The van der Waals surface area contributed by atoms with Gasteiger partial charge in [0, 0.05) is 6.61 Å². The van der Waals surface area contributed by atoms with Crippen LogP contribution in [0.1, 0.15) is 31.7 Å². The number of halogens is 1. The number of rotatable bonds is 7. The van der Waals surface area contributed by atoms with Gasteiger partial charge in [0.05, 0.1) is 12.8 Å². The van der Waals surface area contributed by atoms with Crippen molar-refractivity contribution in [2.75, 3.05) is 6.61 Å². The molecule has 0 unspecified atom stereocenters. The van der Waals surface area contributed by atoms with E-state index in [2.05, 4.69) is 0 Å². The van der Waals surface area contributed by atoms with Gasteiger partial charge in [-0.1, -0.05) is 30.3 Å². The summed E-state index contributed by atoms with van der Waals surface area (Å²) in [5.41, 5.74) is 1.19. The highest BCUT2D eigenvalue weighted by atomic mass is 19.1. The molecule has 0 radical (unpaired) electrons. The van der Waals surface area contributed by atoms with Gasteiger partial charge in [-0.3, -0.25) is 0 Å². The predicted molar refractivity (Wildman–Crippen MR) is 60.5 cm³/mol. The molecule has 1 atom stereocenters. The highest BCUT2D eigenvalue weighted by molar-refractivity contribution is 5.13. The zero-order valence-corrected chi connectivity index (χ0v) is 9.29. The molecule has 0 amide bonds. The van der Waals surface area contributed by atoms with E-state index in [9.17, 15) is 4.39 Å². The molecule has 0 saturated heterocycles. The molecule has 0 bridgehead atoms. The Morgan fingerprint density at radius 2 is 1.93 bits per heavy atom. The van der Waals surface area contributed by atoms with Crippen LogP contribution < -0.4 is 0 Å². The Hall–Kier alpha value is -0.890. The third-order valence-electron chi connectivity index (χ3n) is 2.25. The highest BCUT2D eigenvalue weighted by Gasteiger charge is 1.97. The van der Waals surface area contributed by atoms with Crippen LogP contribution in [-0.4, -0.2) is 12.8 Å². The summed E-state index contributed by atoms with van der Waals surface area (Å²) in [5.74, 6) is 0. The van der Waals surface area contributed by atoms with E-state index in [-0.39, 0.29) is 0 Å². The van der Waals surface area contributed by atoms with Crippen LogP contribution in [0.5, 0.6) is 0 Å². The molecule has 0 aliphatic carbocycles. The van der Waals surface area contributed by atoms with E-state index in [0.29, 0.717) is 13.0 Å². The largest absolute Gasteiger partial charge is 0.377 e. The standard InChI is InChI=1S/C13H19FO/c1-12(14)7-5-6-10-15-11-13-8-3-2-4-9-13/h2-4,8-9,12H,5-7,10-11H2,1H3/t12-/m1/s1. The zero-order chi connectivity index (χ0) is 10.9. The minimum absolute atomic E-state index is 0.648. The molecule has 0 saturated carbocycles. The van der Waals surface area contributed by atoms with E-state index >= 15 is 0 Å². The van der Waals surface area contributed by atoms with Crippen LogP contribution in [0.4, 0.5) is 4.39 Å². The Bertz CT molecular complexity index is 246. The third-order valence-corrected chi connectivity index (χ3v) is 2.25.